The second kappa shape index (κ2) is 24.3. The fraction of sp³-hybridized carbons (Fsp3) is 0.760. The van der Waals surface area contributed by atoms with Crippen molar-refractivity contribution in [3.63, 3.8) is 0 Å². The molecule has 0 saturated heterocycles. The van der Waals surface area contributed by atoms with Crippen molar-refractivity contribution in [2.45, 2.75) is 101 Å². The Morgan fingerprint density at radius 1 is 0.641 bits per heavy atom. The molecule has 0 aliphatic rings. The van der Waals surface area contributed by atoms with Crippen molar-refractivity contribution in [1.29, 1.82) is 0 Å². The third-order valence-corrected chi connectivity index (χ3v) is 11.3. The Morgan fingerprint density at radius 3 is 1.33 bits per heavy atom. The summed E-state index contributed by atoms with van der Waals surface area (Å²) in [7, 11) is 0. The SMILES string of the molecule is C=CCC(I)C(C)C(F)(F)CC(I)CC(I)CC(F)(F)I.C=CCCCCCCC=C.FC(F)(I)C(F)(F)I. The minimum Gasteiger partial charge on any atom is -0.207 e. The smallest absolute Gasteiger partial charge is 0.207 e. The molecule has 0 N–H and O–H groups in total. The van der Waals surface area contributed by atoms with Gasteiger partial charge in [0.1, 0.15) is 0 Å². The first-order valence-electron chi connectivity index (χ1n) is 11.9. The predicted molar refractivity (Wildman–Crippen MR) is 201 cm³/mol. The lowest BCUT2D eigenvalue weighted by atomic mass is 9.93. The molecule has 0 radical (unpaired) electrons. The van der Waals surface area contributed by atoms with Crippen molar-refractivity contribution in [2.75, 3.05) is 0 Å². The van der Waals surface area contributed by atoms with Crippen LogP contribution in [0.15, 0.2) is 38.0 Å². The summed E-state index contributed by atoms with van der Waals surface area (Å²) < 4.78 is 88.7. The zero-order valence-corrected chi connectivity index (χ0v) is 34.5. The summed E-state index contributed by atoms with van der Waals surface area (Å²) in [5.41, 5.74) is 0. The van der Waals surface area contributed by atoms with Crippen LogP contribution in [0.25, 0.3) is 0 Å². The molecule has 0 spiro atoms. The molecule has 4 unspecified atom stereocenters. The van der Waals surface area contributed by atoms with Gasteiger partial charge in [0.2, 0.25) is 0 Å². The van der Waals surface area contributed by atoms with Crippen LogP contribution in [0.4, 0.5) is 35.1 Å². The number of allylic oxidation sites excluding steroid dienone is 3. The number of halogens is 14. The highest BCUT2D eigenvalue weighted by Crippen LogP contribution is 2.44. The van der Waals surface area contributed by atoms with Gasteiger partial charge in [-0.3, -0.25) is 0 Å². The van der Waals surface area contributed by atoms with E-state index in [0.29, 0.717) is 58.0 Å². The number of alkyl halides is 14. The van der Waals surface area contributed by atoms with E-state index in [1.165, 1.54) is 38.5 Å². The molecular weight excluding hydrogens is 1210 g/mol. The maximum Gasteiger partial charge on any atom is 0.367 e. The summed E-state index contributed by atoms with van der Waals surface area (Å²) in [6, 6.07) is 0. The molecule has 0 amide bonds. The van der Waals surface area contributed by atoms with E-state index in [0.717, 1.165) is 22.6 Å². The zero-order chi connectivity index (χ0) is 31.5. The quantitative estimate of drug-likeness (QED) is 0.0422. The van der Waals surface area contributed by atoms with E-state index in [-0.39, 0.29) is 24.6 Å². The van der Waals surface area contributed by atoms with Crippen molar-refractivity contribution in [1.82, 2.24) is 0 Å². The van der Waals surface area contributed by atoms with Crippen LogP contribution in [0.1, 0.15) is 71.1 Å². The second-order valence-corrected chi connectivity index (χ2v) is 18.0. The van der Waals surface area contributed by atoms with Gasteiger partial charge in [0.25, 0.3) is 9.85 Å². The highest BCUT2D eigenvalue weighted by molar-refractivity contribution is 14.1. The Hall–Kier alpha value is 3.04. The average molecular weight is 1250 g/mol. The zero-order valence-electron chi connectivity index (χ0n) is 21.5. The van der Waals surface area contributed by atoms with Gasteiger partial charge in [0, 0.05) is 75.7 Å². The third-order valence-electron chi connectivity index (χ3n) is 4.95. The minimum atomic E-state index is -3.94. The minimum absolute atomic E-state index is 0.173. The van der Waals surface area contributed by atoms with E-state index >= 15 is 0 Å². The van der Waals surface area contributed by atoms with Crippen LogP contribution < -0.4 is 0 Å². The lowest BCUT2D eigenvalue weighted by Crippen LogP contribution is -2.35. The maximum absolute atomic E-state index is 14.2. The molecule has 4 atom stereocenters. The van der Waals surface area contributed by atoms with Crippen LogP contribution in [0, 0.1) is 5.92 Å². The number of unbranched alkanes of at least 4 members (excludes halogenated alkanes) is 5. The lowest BCUT2D eigenvalue weighted by molar-refractivity contribution is -0.0568. The van der Waals surface area contributed by atoms with Gasteiger partial charge in [-0.2, -0.15) is 26.3 Å². The molecule has 0 aromatic heterocycles. The molecule has 0 rings (SSSR count). The van der Waals surface area contributed by atoms with E-state index < -0.39 is 23.6 Å². The molecule has 14 heteroatoms. The summed E-state index contributed by atoms with van der Waals surface area (Å²) in [5, 5.41) is 0. The molecule has 0 heterocycles. The van der Waals surface area contributed by atoms with Crippen LogP contribution in [-0.4, -0.2) is 29.5 Å². The van der Waals surface area contributed by atoms with E-state index in [9.17, 15) is 35.1 Å². The van der Waals surface area contributed by atoms with E-state index in [4.69, 9.17) is 0 Å². The van der Waals surface area contributed by atoms with Crippen molar-refractivity contribution < 1.29 is 35.1 Å². The number of hydrogen-bond donors (Lipinski definition) is 0. The molecule has 0 aromatic rings. The number of hydrogen-bond acceptors (Lipinski definition) is 0. The fourth-order valence-corrected chi connectivity index (χ4v) is 8.34. The summed E-state index contributed by atoms with van der Waals surface area (Å²) in [4.78, 5) is 0. The summed E-state index contributed by atoms with van der Waals surface area (Å²) >= 11 is 7.79. The first kappa shape index (κ1) is 46.5. The van der Waals surface area contributed by atoms with E-state index in [2.05, 4.69) is 19.7 Å². The van der Waals surface area contributed by atoms with Gasteiger partial charge in [-0.05, 0) is 61.1 Å². The standard InChI is InChI=1S/C13H18F4I4.C10H18.C2F4I2/c1-3-4-11(20)8(2)12(14,15)6-9(18)5-10(19)7-13(16,17)21;1-3-5-7-9-10-8-6-4-2;3-1(4,7)2(5,6)8/h3,8-11H,1,4-7H2,2H3;3-4H,1-2,5-10H2;. The molecule has 0 nitrogen and oxygen atoms in total. The highest BCUT2D eigenvalue weighted by atomic mass is 127. The lowest BCUT2D eigenvalue weighted by Gasteiger charge is -2.29. The van der Waals surface area contributed by atoms with Crippen LogP contribution in [-0.2, 0) is 0 Å². The van der Waals surface area contributed by atoms with E-state index in [1.807, 2.05) is 79.9 Å². The third kappa shape index (κ3) is 29.5. The average Bonchev–Trinajstić information content (AvgIpc) is 2.73. The molecule has 0 aromatic carbocycles. The molecule has 0 fully saturated rings. The van der Waals surface area contributed by atoms with Crippen LogP contribution in [0.3, 0.4) is 0 Å². The topological polar surface area (TPSA) is 0 Å². The van der Waals surface area contributed by atoms with Crippen molar-refractivity contribution in [2.24, 2.45) is 5.92 Å². The van der Waals surface area contributed by atoms with Gasteiger partial charge in [-0.25, -0.2) is 8.78 Å². The first-order valence-corrected chi connectivity index (χ1v) is 18.9. The van der Waals surface area contributed by atoms with Crippen molar-refractivity contribution in [3.8, 4) is 0 Å². The summed E-state index contributed by atoms with van der Waals surface area (Å²) in [6.07, 6.45) is 13.7. The highest BCUT2D eigenvalue weighted by Gasteiger charge is 2.51. The van der Waals surface area contributed by atoms with E-state index in [1.54, 1.807) is 13.0 Å². The Balaban J connectivity index is -0.000000593. The first-order chi connectivity index (χ1) is 17.6. The van der Waals surface area contributed by atoms with Crippen LogP contribution in [0.2, 0.25) is 0 Å². The van der Waals surface area contributed by atoms with Crippen LogP contribution >= 0.6 is 136 Å². The van der Waals surface area contributed by atoms with Gasteiger partial charge in [0.15, 0.2) is 0 Å². The molecule has 0 aliphatic carbocycles. The summed E-state index contributed by atoms with van der Waals surface area (Å²) in [5.74, 6) is -3.55. The van der Waals surface area contributed by atoms with Gasteiger partial charge >= 0.3 is 7.86 Å². The predicted octanol–water partition coefficient (Wildman–Crippen LogP) is 14.2. The normalized spacial score (nSPS) is 15.5. The molecule has 0 bridgehead atoms. The Labute approximate surface area is 310 Å². The second-order valence-electron chi connectivity index (χ2n) is 8.61. The molecular formula is C25H36F8I6. The van der Waals surface area contributed by atoms with Crippen molar-refractivity contribution in [3.05, 3.63) is 38.0 Å². The Kier molecular flexibility index (Phi) is 28.9. The van der Waals surface area contributed by atoms with Gasteiger partial charge in [0.05, 0.1) is 0 Å². The Morgan fingerprint density at radius 2 is 1.03 bits per heavy atom. The molecule has 234 valence electrons. The van der Waals surface area contributed by atoms with Crippen LogP contribution in [0.5, 0.6) is 0 Å². The maximum atomic E-state index is 14.2. The summed E-state index contributed by atoms with van der Waals surface area (Å²) in [6.45, 7) is 12.5. The van der Waals surface area contributed by atoms with Gasteiger partial charge in [-0.15, -0.1) is 19.7 Å². The monoisotopic (exact) mass is 1250 g/mol. The molecule has 0 aliphatic heterocycles. The van der Waals surface area contributed by atoms with Gasteiger partial charge < -0.3 is 0 Å². The Bertz CT molecular complexity index is 624. The van der Waals surface area contributed by atoms with Crippen molar-refractivity contribution >= 4 is 136 Å². The fourth-order valence-electron chi connectivity index (χ4n) is 2.74. The largest absolute Gasteiger partial charge is 0.367 e. The molecule has 0 saturated carbocycles. The molecule has 39 heavy (non-hydrogen) atoms. The van der Waals surface area contributed by atoms with Gasteiger partial charge in [-0.1, -0.05) is 106 Å². The number of rotatable bonds is 18.